The van der Waals surface area contributed by atoms with Crippen molar-refractivity contribution in [2.45, 2.75) is 68.8 Å². The van der Waals surface area contributed by atoms with Crippen LogP contribution < -0.4 is 11.1 Å². The lowest BCUT2D eigenvalue weighted by Crippen LogP contribution is -2.50. The van der Waals surface area contributed by atoms with Crippen molar-refractivity contribution in [3.63, 3.8) is 0 Å². The minimum atomic E-state index is -3.03. The van der Waals surface area contributed by atoms with E-state index in [1.54, 1.807) is 18.5 Å². The number of carbonyl (C=O) groups excluding carboxylic acids is 1. The second-order valence-electron chi connectivity index (χ2n) is 9.38. The highest BCUT2D eigenvalue weighted by atomic mass is 19.3. The van der Waals surface area contributed by atoms with E-state index in [4.69, 9.17) is 10.5 Å². The number of amides is 1. The van der Waals surface area contributed by atoms with Crippen LogP contribution >= 0.6 is 0 Å². The van der Waals surface area contributed by atoms with Crippen LogP contribution in [0.15, 0.2) is 18.5 Å². The van der Waals surface area contributed by atoms with E-state index in [2.05, 4.69) is 15.4 Å². The van der Waals surface area contributed by atoms with Gasteiger partial charge in [-0.1, -0.05) is 0 Å². The zero-order chi connectivity index (χ0) is 23.9. The van der Waals surface area contributed by atoms with Gasteiger partial charge in [-0.25, -0.2) is 27.1 Å². The summed E-state index contributed by atoms with van der Waals surface area (Å²) < 4.78 is 60.6. The van der Waals surface area contributed by atoms with Gasteiger partial charge in [0.1, 0.15) is 0 Å². The van der Waals surface area contributed by atoms with Crippen LogP contribution in [0, 0.1) is 5.92 Å². The van der Waals surface area contributed by atoms with Crippen molar-refractivity contribution in [1.29, 1.82) is 0 Å². The van der Waals surface area contributed by atoms with E-state index in [-0.39, 0.29) is 18.8 Å². The van der Waals surface area contributed by atoms with E-state index >= 15 is 0 Å². The first-order valence-corrected chi connectivity index (χ1v) is 11.2. The number of aromatic nitrogens is 3. The maximum Gasteiger partial charge on any atom is 0.262 e. The molecule has 1 aliphatic carbocycles. The fourth-order valence-corrected chi connectivity index (χ4v) is 4.75. The van der Waals surface area contributed by atoms with Gasteiger partial charge in [-0.15, -0.1) is 0 Å². The maximum atomic E-state index is 13.5. The molecule has 11 heteroatoms. The van der Waals surface area contributed by atoms with E-state index in [1.165, 1.54) is 4.52 Å². The van der Waals surface area contributed by atoms with Crippen molar-refractivity contribution in [3.05, 3.63) is 29.7 Å². The molecule has 1 atom stereocenters. The quantitative estimate of drug-likeness (QED) is 0.630. The average molecular weight is 471 g/mol. The zero-order valence-corrected chi connectivity index (χ0v) is 18.5. The molecule has 2 fully saturated rings. The van der Waals surface area contributed by atoms with E-state index in [0.717, 1.165) is 6.92 Å². The molecule has 1 saturated heterocycles. The number of ether oxygens (including phenoxy) is 1. The summed E-state index contributed by atoms with van der Waals surface area (Å²) >= 11 is 0. The van der Waals surface area contributed by atoms with Crippen LogP contribution in [0.25, 0.3) is 5.65 Å². The number of fused-ring (bicyclic) bond motifs is 1. The summed E-state index contributed by atoms with van der Waals surface area (Å²) in [5.74, 6) is -6.25. The molecule has 2 aromatic heterocycles. The standard InChI is InChI=1S/C22H29F4N5O2/c1-20(23,24)13-28-19(32)21(6-8-33-9-7-21)15-10-17-30-16(12-31(17)29-11-15)18(27)14-2-4-22(25,26)5-3-14/h10-12,14,18H,2-9,13,27H2,1H3,(H,28,32)/t18-/m0/s1. The second kappa shape index (κ2) is 8.83. The highest BCUT2D eigenvalue weighted by Crippen LogP contribution is 2.40. The van der Waals surface area contributed by atoms with Gasteiger partial charge in [-0.05, 0) is 43.2 Å². The summed E-state index contributed by atoms with van der Waals surface area (Å²) in [6.45, 7) is 0.628. The van der Waals surface area contributed by atoms with Gasteiger partial charge in [-0.3, -0.25) is 4.79 Å². The lowest BCUT2D eigenvalue weighted by atomic mass is 9.74. The number of rotatable bonds is 6. The Bertz CT molecular complexity index is 990. The molecule has 0 aromatic carbocycles. The van der Waals surface area contributed by atoms with Crippen molar-refractivity contribution in [2.75, 3.05) is 19.8 Å². The lowest BCUT2D eigenvalue weighted by Gasteiger charge is -2.36. The topological polar surface area (TPSA) is 94.5 Å². The Kier molecular flexibility index (Phi) is 6.38. The Hall–Kier alpha value is -2.27. The molecule has 0 radical (unpaired) electrons. The van der Waals surface area contributed by atoms with E-state index in [9.17, 15) is 22.4 Å². The third-order valence-electron chi connectivity index (χ3n) is 6.84. The number of alkyl halides is 4. The second-order valence-corrected chi connectivity index (χ2v) is 9.38. The first-order valence-electron chi connectivity index (χ1n) is 11.2. The minimum Gasteiger partial charge on any atom is -0.381 e. The average Bonchev–Trinajstić information content (AvgIpc) is 3.20. The van der Waals surface area contributed by atoms with E-state index in [0.29, 0.717) is 55.8 Å². The number of carbonyl (C=O) groups is 1. The van der Waals surface area contributed by atoms with E-state index < -0.39 is 35.8 Å². The number of nitrogens with one attached hydrogen (secondary N) is 1. The molecule has 33 heavy (non-hydrogen) atoms. The van der Waals surface area contributed by atoms with Gasteiger partial charge < -0.3 is 15.8 Å². The van der Waals surface area contributed by atoms with Gasteiger partial charge in [0.25, 0.3) is 5.92 Å². The molecule has 4 rings (SSSR count). The molecule has 0 bridgehead atoms. The Morgan fingerprint density at radius 1 is 1.30 bits per heavy atom. The van der Waals surface area contributed by atoms with Gasteiger partial charge >= 0.3 is 0 Å². The van der Waals surface area contributed by atoms with Gasteiger partial charge in [0.2, 0.25) is 11.8 Å². The molecular formula is C22H29F4N5O2. The van der Waals surface area contributed by atoms with Crippen LogP contribution in [0.3, 0.4) is 0 Å². The number of nitrogens with two attached hydrogens (primary N) is 1. The largest absolute Gasteiger partial charge is 0.381 e. The molecule has 3 heterocycles. The number of nitrogens with zero attached hydrogens (tertiary/aromatic N) is 3. The van der Waals surface area contributed by atoms with Crippen LogP contribution in [0.4, 0.5) is 17.6 Å². The molecule has 7 nitrogen and oxygen atoms in total. The molecule has 3 N–H and O–H groups in total. The van der Waals surface area contributed by atoms with Crippen molar-refractivity contribution >= 4 is 11.6 Å². The fraction of sp³-hybridized carbons (Fsp3) is 0.682. The normalized spacial score (nSPS) is 22.2. The molecule has 2 aliphatic rings. The predicted octanol–water partition coefficient (Wildman–Crippen LogP) is 3.37. The van der Waals surface area contributed by atoms with Crippen molar-refractivity contribution in [1.82, 2.24) is 19.9 Å². The SMILES string of the molecule is CC(F)(F)CNC(=O)C1(c2cnn3cc([C@@H](N)C4CCC(F)(F)CC4)nc3c2)CCOCC1. The summed E-state index contributed by atoms with van der Waals surface area (Å²) in [5, 5.41) is 6.75. The van der Waals surface area contributed by atoms with Gasteiger partial charge in [0.15, 0.2) is 5.65 Å². The summed E-state index contributed by atoms with van der Waals surface area (Å²) in [4.78, 5) is 17.6. The molecule has 2 aromatic rings. The summed E-state index contributed by atoms with van der Waals surface area (Å²) in [7, 11) is 0. The monoisotopic (exact) mass is 471 g/mol. The third-order valence-corrected chi connectivity index (χ3v) is 6.84. The molecule has 1 amide bonds. The Morgan fingerprint density at radius 3 is 2.61 bits per heavy atom. The first kappa shape index (κ1) is 23.9. The molecule has 1 aliphatic heterocycles. The smallest absolute Gasteiger partial charge is 0.262 e. The van der Waals surface area contributed by atoms with Crippen molar-refractivity contribution in [2.24, 2.45) is 11.7 Å². The Labute approximate surface area is 189 Å². The highest BCUT2D eigenvalue weighted by Gasteiger charge is 2.43. The number of halogens is 4. The van der Waals surface area contributed by atoms with Crippen molar-refractivity contribution < 1.29 is 27.1 Å². The van der Waals surface area contributed by atoms with Crippen LogP contribution in [-0.4, -0.2) is 52.1 Å². The zero-order valence-electron chi connectivity index (χ0n) is 18.5. The Balaban J connectivity index is 1.59. The molecule has 1 saturated carbocycles. The summed E-state index contributed by atoms with van der Waals surface area (Å²) in [5.41, 5.74) is 6.88. The molecule has 182 valence electrons. The molecule has 0 spiro atoms. The van der Waals surface area contributed by atoms with Gasteiger partial charge in [0.05, 0.1) is 36.1 Å². The summed E-state index contributed by atoms with van der Waals surface area (Å²) in [6.07, 6.45) is 4.16. The van der Waals surface area contributed by atoms with Gasteiger partial charge in [0, 0.05) is 33.0 Å². The van der Waals surface area contributed by atoms with Crippen LogP contribution in [0.5, 0.6) is 0 Å². The van der Waals surface area contributed by atoms with Crippen LogP contribution in [0.1, 0.15) is 62.7 Å². The molecule has 0 unspecified atom stereocenters. The Morgan fingerprint density at radius 2 is 1.97 bits per heavy atom. The van der Waals surface area contributed by atoms with Crippen LogP contribution in [0.2, 0.25) is 0 Å². The maximum absolute atomic E-state index is 13.5. The number of hydrogen-bond acceptors (Lipinski definition) is 5. The molecular weight excluding hydrogens is 442 g/mol. The summed E-state index contributed by atoms with van der Waals surface area (Å²) in [6, 6.07) is 1.21. The third kappa shape index (κ3) is 5.13. The predicted molar refractivity (Wildman–Crippen MR) is 112 cm³/mol. The first-order chi connectivity index (χ1) is 15.5. The fourth-order valence-electron chi connectivity index (χ4n) is 4.75. The lowest BCUT2D eigenvalue weighted by molar-refractivity contribution is -0.132. The van der Waals surface area contributed by atoms with Crippen molar-refractivity contribution in [3.8, 4) is 0 Å². The highest BCUT2D eigenvalue weighted by molar-refractivity contribution is 5.88. The van der Waals surface area contributed by atoms with Crippen LogP contribution in [-0.2, 0) is 14.9 Å². The minimum absolute atomic E-state index is 0.0997. The number of imidazole rings is 1. The van der Waals surface area contributed by atoms with E-state index in [1.807, 2.05) is 0 Å². The number of hydrogen-bond donors (Lipinski definition) is 2. The van der Waals surface area contributed by atoms with Gasteiger partial charge in [-0.2, -0.15) is 5.10 Å².